The van der Waals surface area contributed by atoms with E-state index in [9.17, 15) is 8.42 Å². The number of isothiocyanates is 1. The Labute approximate surface area is 154 Å². The monoisotopic (exact) mass is 377 g/mol. The average molecular weight is 378 g/mol. The summed E-state index contributed by atoms with van der Waals surface area (Å²) in [6.07, 6.45) is 2.54. The Morgan fingerprint density at radius 3 is 2.52 bits per heavy atom. The van der Waals surface area contributed by atoms with Gasteiger partial charge in [0.25, 0.3) is 0 Å². The van der Waals surface area contributed by atoms with Gasteiger partial charge in [0.2, 0.25) is 10.0 Å². The molecule has 0 unspecified atom stereocenters. The van der Waals surface area contributed by atoms with Gasteiger partial charge in [0.05, 0.1) is 10.1 Å². The number of nitrogens with zero attached hydrogens (tertiary/aromatic N) is 2. The van der Waals surface area contributed by atoms with Gasteiger partial charge in [-0.1, -0.05) is 30.7 Å². The summed E-state index contributed by atoms with van der Waals surface area (Å²) >= 11 is 4.51. The van der Waals surface area contributed by atoms with Crippen LogP contribution in [0.15, 0.2) is 46.3 Å². The molecular formula is C18H23N3O2S2. The van der Waals surface area contributed by atoms with Crippen LogP contribution in [0.25, 0.3) is 10.8 Å². The van der Waals surface area contributed by atoms with E-state index in [1.165, 1.54) is 0 Å². The zero-order chi connectivity index (χ0) is 18.3. The molecule has 0 aliphatic carbocycles. The molecule has 0 fully saturated rings. The minimum absolute atomic E-state index is 0.319. The molecule has 0 bridgehead atoms. The highest BCUT2D eigenvalue weighted by atomic mass is 32.2. The molecule has 0 saturated carbocycles. The quantitative estimate of drug-likeness (QED) is 0.413. The molecule has 0 aromatic heterocycles. The summed E-state index contributed by atoms with van der Waals surface area (Å²) in [5, 5.41) is 3.98. The molecule has 0 spiro atoms. The lowest BCUT2D eigenvalue weighted by Crippen LogP contribution is -2.25. The highest BCUT2D eigenvalue weighted by Gasteiger charge is 2.17. The van der Waals surface area contributed by atoms with Crippen molar-refractivity contribution in [3.05, 3.63) is 36.4 Å². The van der Waals surface area contributed by atoms with Crippen molar-refractivity contribution in [2.24, 2.45) is 4.99 Å². The van der Waals surface area contributed by atoms with E-state index in [2.05, 4.69) is 27.1 Å². The lowest BCUT2D eigenvalue weighted by Gasteiger charge is -2.17. The molecule has 2 aromatic rings. The van der Waals surface area contributed by atoms with Gasteiger partial charge in [0, 0.05) is 43.6 Å². The maximum atomic E-state index is 12.7. The van der Waals surface area contributed by atoms with Gasteiger partial charge in [0.1, 0.15) is 0 Å². The van der Waals surface area contributed by atoms with Crippen LogP contribution in [-0.2, 0) is 10.0 Å². The van der Waals surface area contributed by atoms with Gasteiger partial charge >= 0.3 is 0 Å². The number of sulfonamides is 1. The Morgan fingerprint density at radius 2 is 1.80 bits per heavy atom. The lowest BCUT2D eigenvalue weighted by atomic mass is 10.1. The fraction of sp³-hybridized carbons (Fsp3) is 0.389. The van der Waals surface area contributed by atoms with Crippen LogP contribution in [0.4, 0.5) is 5.69 Å². The minimum atomic E-state index is -3.55. The number of unbranched alkanes of at least 4 members (excludes halogenated alkanes) is 2. The molecule has 0 radical (unpaired) electrons. The summed E-state index contributed by atoms with van der Waals surface area (Å²) in [7, 11) is 0.345. The Morgan fingerprint density at radius 1 is 1.08 bits per heavy atom. The number of aliphatic imine (C=N–C) groups is 1. The molecule has 5 nitrogen and oxygen atoms in total. The molecule has 0 saturated heterocycles. The van der Waals surface area contributed by atoms with Crippen LogP contribution in [-0.4, -0.2) is 40.8 Å². The standard InChI is InChI=1S/C18H23N3O2S2/c1-21(2)17-10-6-9-16-15(17)8-7-11-18(16)25(22,23)20-13-5-3-4-12-19-14-24/h6-11,20H,3-5,12-13H2,1-2H3. The van der Waals surface area contributed by atoms with Gasteiger partial charge < -0.3 is 4.90 Å². The Hall–Kier alpha value is -1.79. The molecule has 1 N–H and O–H groups in total. The molecule has 7 heteroatoms. The molecule has 0 atom stereocenters. The van der Waals surface area contributed by atoms with Crippen LogP contribution in [0.2, 0.25) is 0 Å². The van der Waals surface area contributed by atoms with E-state index >= 15 is 0 Å². The van der Waals surface area contributed by atoms with Crippen LogP contribution in [0, 0.1) is 0 Å². The maximum Gasteiger partial charge on any atom is 0.241 e. The van der Waals surface area contributed by atoms with E-state index in [0.717, 1.165) is 35.7 Å². The van der Waals surface area contributed by atoms with E-state index in [1.54, 1.807) is 12.1 Å². The number of hydrogen-bond donors (Lipinski definition) is 1. The topological polar surface area (TPSA) is 61.8 Å². The lowest BCUT2D eigenvalue weighted by molar-refractivity contribution is 0.576. The predicted molar refractivity (Wildman–Crippen MR) is 107 cm³/mol. The number of hydrogen-bond acceptors (Lipinski definition) is 5. The average Bonchev–Trinajstić information content (AvgIpc) is 2.59. The fourth-order valence-corrected chi connectivity index (χ4v) is 4.10. The number of thiocarbonyl (C=S) groups is 1. The van der Waals surface area contributed by atoms with Crippen LogP contribution in [0.1, 0.15) is 19.3 Å². The maximum absolute atomic E-state index is 12.7. The third-order valence-electron chi connectivity index (χ3n) is 3.93. The zero-order valence-corrected chi connectivity index (χ0v) is 16.2. The highest BCUT2D eigenvalue weighted by Crippen LogP contribution is 2.30. The summed E-state index contributed by atoms with van der Waals surface area (Å²) in [6.45, 7) is 1.06. The first-order valence-corrected chi connectivity index (χ1v) is 10.1. The van der Waals surface area contributed by atoms with Gasteiger partial charge in [-0.05, 0) is 37.2 Å². The second kappa shape index (κ2) is 9.06. The van der Waals surface area contributed by atoms with Crippen LogP contribution >= 0.6 is 12.2 Å². The summed E-state index contributed by atoms with van der Waals surface area (Å²) < 4.78 is 28.1. The molecule has 0 aliphatic heterocycles. The van der Waals surface area contributed by atoms with Gasteiger partial charge in [-0.3, -0.25) is 0 Å². The first-order chi connectivity index (χ1) is 12.0. The molecule has 134 valence electrons. The number of anilines is 1. The molecule has 0 aliphatic rings. The second-order valence-electron chi connectivity index (χ2n) is 5.95. The van der Waals surface area contributed by atoms with Crippen LogP contribution in [0.5, 0.6) is 0 Å². The molecule has 2 rings (SSSR count). The van der Waals surface area contributed by atoms with E-state index in [4.69, 9.17) is 0 Å². The normalized spacial score (nSPS) is 11.3. The van der Waals surface area contributed by atoms with Crippen molar-refractivity contribution < 1.29 is 8.42 Å². The van der Waals surface area contributed by atoms with Crippen molar-refractivity contribution in [1.29, 1.82) is 0 Å². The van der Waals surface area contributed by atoms with E-state index in [1.807, 2.05) is 43.3 Å². The van der Waals surface area contributed by atoms with Crippen LogP contribution in [0.3, 0.4) is 0 Å². The summed E-state index contributed by atoms with van der Waals surface area (Å²) in [5.41, 5.74) is 0.994. The SMILES string of the molecule is CN(C)c1cccc2c(S(=O)(=O)NCCCCCN=C=S)cccc12. The molecular weight excluding hydrogens is 354 g/mol. The first-order valence-electron chi connectivity index (χ1n) is 8.20. The summed E-state index contributed by atoms with van der Waals surface area (Å²) in [4.78, 5) is 6.14. The van der Waals surface area contributed by atoms with E-state index in [-0.39, 0.29) is 0 Å². The second-order valence-corrected chi connectivity index (χ2v) is 7.87. The largest absolute Gasteiger partial charge is 0.377 e. The Kier molecular flexibility index (Phi) is 7.08. The number of fused-ring (bicyclic) bond motifs is 1. The van der Waals surface area contributed by atoms with Gasteiger partial charge in [-0.15, -0.1) is 0 Å². The number of nitrogens with one attached hydrogen (secondary N) is 1. The Balaban J connectivity index is 2.14. The zero-order valence-electron chi connectivity index (χ0n) is 14.5. The van der Waals surface area contributed by atoms with Gasteiger partial charge in [0.15, 0.2) is 0 Å². The summed E-state index contributed by atoms with van der Waals surface area (Å²) in [6, 6.07) is 11.1. The van der Waals surface area contributed by atoms with Crippen molar-refractivity contribution in [2.75, 3.05) is 32.1 Å². The first kappa shape index (κ1) is 19.5. The van der Waals surface area contributed by atoms with Crippen molar-refractivity contribution in [1.82, 2.24) is 4.72 Å². The van der Waals surface area contributed by atoms with Gasteiger partial charge in [-0.2, -0.15) is 0 Å². The van der Waals surface area contributed by atoms with Crippen molar-refractivity contribution >= 4 is 43.9 Å². The predicted octanol–water partition coefficient (Wildman–Crippen LogP) is 3.46. The number of benzene rings is 2. The van der Waals surface area contributed by atoms with Gasteiger partial charge in [-0.25, -0.2) is 18.1 Å². The Bertz CT molecular complexity index is 873. The molecule has 0 heterocycles. The van der Waals surface area contributed by atoms with Crippen molar-refractivity contribution in [3.8, 4) is 0 Å². The molecule has 25 heavy (non-hydrogen) atoms. The molecule has 2 aromatic carbocycles. The smallest absolute Gasteiger partial charge is 0.241 e. The fourth-order valence-electron chi connectivity index (χ4n) is 2.71. The number of rotatable bonds is 9. The van der Waals surface area contributed by atoms with E-state index < -0.39 is 10.0 Å². The third-order valence-corrected chi connectivity index (χ3v) is 5.58. The van der Waals surface area contributed by atoms with Crippen LogP contribution < -0.4 is 9.62 Å². The van der Waals surface area contributed by atoms with Crippen molar-refractivity contribution in [3.63, 3.8) is 0 Å². The van der Waals surface area contributed by atoms with E-state index in [0.29, 0.717) is 18.0 Å². The third kappa shape index (κ3) is 5.09. The minimum Gasteiger partial charge on any atom is -0.377 e. The van der Waals surface area contributed by atoms with Crippen molar-refractivity contribution in [2.45, 2.75) is 24.2 Å². The molecule has 0 amide bonds. The highest BCUT2D eigenvalue weighted by molar-refractivity contribution is 7.89. The summed E-state index contributed by atoms with van der Waals surface area (Å²) in [5.74, 6) is 0.